The topological polar surface area (TPSA) is 86.8 Å². The van der Waals surface area contributed by atoms with Gasteiger partial charge in [-0.15, -0.1) is 0 Å². The number of likely N-dealkylation sites (N-methyl/N-ethyl adjacent to an activating group) is 1. The molecule has 3 rings (SSSR count). The highest BCUT2D eigenvalue weighted by Gasteiger charge is 2.33. The molecule has 0 aliphatic rings. The Hall–Kier alpha value is -3.36. The Morgan fingerprint density at radius 1 is 0.892 bits per heavy atom. The Kier molecular flexibility index (Phi) is 9.34. The second kappa shape index (κ2) is 12.3. The van der Waals surface area contributed by atoms with Crippen molar-refractivity contribution in [3.63, 3.8) is 0 Å². The molecule has 0 heterocycles. The monoisotopic (exact) mass is 541 g/mol. The van der Waals surface area contributed by atoms with Gasteiger partial charge in [-0.1, -0.05) is 66.0 Å². The zero-order valence-electron chi connectivity index (χ0n) is 21.4. The number of aryl methyl sites for hydroxylation is 2. The van der Waals surface area contributed by atoms with E-state index in [0.29, 0.717) is 17.1 Å². The van der Waals surface area contributed by atoms with Crippen molar-refractivity contribution in [1.82, 2.24) is 10.2 Å². The summed E-state index contributed by atoms with van der Waals surface area (Å²) in [6, 6.07) is 19.6. The first kappa shape index (κ1) is 28.2. The lowest BCUT2D eigenvalue weighted by atomic mass is 10.1. The molecule has 0 aliphatic carbocycles. The number of sulfonamides is 1. The molecular weight excluding hydrogens is 510 g/mol. The highest BCUT2D eigenvalue weighted by Crippen LogP contribution is 2.26. The highest BCUT2D eigenvalue weighted by molar-refractivity contribution is 7.92. The van der Waals surface area contributed by atoms with Gasteiger partial charge in [-0.3, -0.25) is 13.9 Å². The maximum atomic E-state index is 13.8. The smallest absolute Gasteiger partial charge is 0.264 e. The molecule has 37 heavy (non-hydrogen) atoms. The van der Waals surface area contributed by atoms with E-state index in [1.807, 2.05) is 45.0 Å². The zero-order valence-corrected chi connectivity index (χ0v) is 23.0. The van der Waals surface area contributed by atoms with Crippen LogP contribution in [0, 0.1) is 13.8 Å². The van der Waals surface area contributed by atoms with Crippen molar-refractivity contribution < 1.29 is 18.0 Å². The van der Waals surface area contributed by atoms with Crippen LogP contribution >= 0.6 is 11.6 Å². The third kappa shape index (κ3) is 6.90. The molecule has 3 aromatic carbocycles. The molecule has 1 N–H and O–H groups in total. The molecular formula is C28H32ClN3O4S. The van der Waals surface area contributed by atoms with Crippen LogP contribution in [0.5, 0.6) is 0 Å². The third-order valence-electron chi connectivity index (χ3n) is 6.11. The number of nitrogens with one attached hydrogen (secondary N) is 1. The molecule has 0 spiro atoms. The zero-order chi connectivity index (χ0) is 27.2. The van der Waals surface area contributed by atoms with E-state index >= 15 is 0 Å². The molecule has 3 aromatic rings. The van der Waals surface area contributed by atoms with E-state index in [9.17, 15) is 18.0 Å². The first-order chi connectivity index (χ1) is 17.6. The number of nitrogens with zero attached hydrogens (tertiary/aromatic N) is 2. The van der Waals surface area contributed by atoms with Gasteiger partial charge in [-0.25, -0.2) is 8.42 Å². The third-order valence-corrected chi connectivity index (χ3v) is 8.15. The summed E-state index contributed by atoms with van der Waals surface area (Å²) in [5.41, 5.74) is 3.20. The Balaban J connectivity index is 2.04. The van der Waals surface area contributed by atoms with Gasteiger partial charge >= 0.3 is 0 Å². The second-order valence-electron chi connectivity index (χ2n) is 8.85. The van der Waals surface area contributed by atoms with Crippen LogP contribution in [-0.2, 0) is 26.2 Å². The average Bonchev–Trinajstić information content (AvgIpc) is 2.88. The number of anilines is 1. The van der Waals surface area contributed by atoms with Crippen LogP contribution in [0.2, 0.25) is 5.02 Å². The summed E-state index contributed by atoms with van der Waals surface area (Å²) in [5, 5.41) is 3.02. The lowest BCUT2D eigenvalue weighted by Crippen LogP contribution is -2.51. The molecule has 2 amide bonds. The van der Waals surface area contributed by atoms with Crippen molar-refractivity contribution in [1.29, 1.82) is 0 Å². The molecule has 0 radical (unpaired) electrons. The fourth-order valence-electron chi connectivity index (χ4n) is 3.95. The lowest BCUT2D eigenvalue weighted by molar-refractivity contribution is -0.140. The Morgan fingerprint density at radius 3 is 1.95 bits per heavy atom. The van der Waals surface area contributed by atoms with E-state index in [4.69, 9.17) is 11.6 Å². The minimum absolute atomic E-state index is 0.00806. The van der Waals surface area contributed by atoms with E-state index in [1.165, 1.54) is 36.2 Å². The van der Waals surface area contributed by atoms with E-state index < -0.39 is 28.5 Å². The number of benzene rings is 3. The fraction of sp³-hybridized carbons (Fsp3) is 0.286. The molecule has 1 unspecified atom stereocenters. The van der Waals surface area contributed by atoms with Gasteiger partial charge in [-0.05, 0) is 62.2 Å². The fourth-order valence-corrected chi connectivity index (χ4v) is 5.49. The molecule has 0 saturated heterocycles. The van der Waals surface area contributed by atoms with Gasteiger partial charge in [0.25, 0.3) is 10.0 Å². The van der Waals surface area contributed by atoms with Gasteiger partial charge in [0.15, 0.2) is 0 Å². The maximum absolute atomic E-state index is 13.8. The summed E-state index contributed by atoms with van der Waals surface area (Å²) in [6.07, 6.45) is 0.367. The van der Waals surface area contributed by atoms with E-state index in [1.54, 1.807) is 24.3 Å². The summed E-state index contributed by atoms with van der Waals surface area (Å²) < 4.78 is 28.6. The lowest BCUT2D eigenvalue weighted by Gasteiger charge is -2.33. The predicted molar refractivity (Wildman–Crippen MR) is 147 cm³/mol. The summed E-state index contributed by atoms with van der Waals surface area (Å²) in [5.74, 6) is -0.806. The number of rotatable bonds is 10. The second-order valence-corrected chi connectivity index (χ2v) is 11.1. The van der Waals surface area contributed by atoms with Crippen LogP contribution in [0.3, 0.4) is 0 Å². The summed E-state index contributed by atoms with van der Waals surface area (Å²) in [4.78, 5) is 28.0. The van der Waals surface area contributed by atoms with E-state index in [-0.39, 0.29) is 17.3 Å². The van der Waals surface area contributed by atoms with Crippen molar-refractivity contribution >= 4 is 39.1 Å². The van der Waals surface area contributed by atoms with Crippen molar-refractivity contribution in [2.75, 3.05) is 17.9 Å². The number of hydrogen-bond donors (Lipinski definition) is 1. The van der Waals surface area contributed by atoms with Gasteiger partial charge in [0.2, 0.25) is 11.8 Å². The highest BCUT2D eigenvalue weighted by atomic mass is 35.5. The standard InChI is InChI=1S/C28H32ClN3O4S/c1-5-26(28(34)30-4)31(18-22-10-6-20(2)7-11-22)27(33)19-32(24-14-8-21(3)9-15-24)37(35,36)25-16-12-23(29)13-17-25/h6-17,26H,5,18-19H2,1-4H3,(H,30,34). The van der Waals surface area contributed by atoms with Gasteiger partial charge < -0.3 is 10.2 Å². The Labute approximate surface area is 224 Å². The summed E-state index contributed by atoms with van der Waals surface area (Å²) in [6.45, 7) is 5.36. The molecule has 0 aliphatic heterocycles. The SMILES string of the molecule is CCC(C(=O)NC)N(Cc1ccc(C)cc1)C(=O)CN(c1ccc(C)cc1)S(=O)(=O)c1ccc(Cl)cc1. The normalized spacial score (nSPS) is 12.0. The van der Waals surface area contributed by atoms with Gasteiger partial charge in [0.05, 0.1) is 10.6 Å². The van der Waals surface area contributed by atoms with Crippen molar-refractivity contribution in [2.45, 2.75) is 44.7 Å². The maximum Gasteiger partial charge on any atom is 0.264 e. The molecule has 1 atom stereocenters. The molecule has 9 heteroatoms. The number of carbonyl (C=O) groups is 2. The summed E-state index contributed by atoms with van der Waals surface area (Å²) in [7, 11) is -2.61. The molecule has 7 nitrogen and oxygen atoms in total. The first-order valence-electron chi connectivity index (χ1n) is 12.0. The largest absolute Gasteiger partial charge is 0.357 e. The quantitative estimate of drug-likeness (QED) is 0.403. The van der Waals surface area contributed by atoms with Crippen LogP contribution in [0.4, 0.5) is 5.69 Å². The van der Waals surface area contributed by atoms with Crippen molar-refractivity contribution in [3.05, 3.63) is 94.5 Å². The minimum atomic E-state index is -4.12. The number of hydrogen-bond acceptors (Lipinski definition) is 4. The Morgan fingerprint density at radius 2 is 1.43 bits per heavy atom. The van der Waals surface area contributed by atoms with E-state index in [2.05, 4.69) is 5.32 Å². The molecule has 196 valence electrons. The minimum Gasteiger partial charge on any atom is -0.357 e. The first-order valence-corrected chi connectivity index (χ1v) is 13.8. The number of amides is 2. The van der Waals surface area contributed by atoms with Crippen LogP contribution in [0.1, 0.15) is 30.0 Å². The molecule has 0 aromatic heterocycles. The average molecular weight is 542 g/mol. The van der Waals surface area contributed by atoms with Crippen LogP contribution in [0.15, 0.2) is 77.7 Å². The van der Waals surface area contributed by atoms with Gasteiger partial charge in [0.1, 0.15) is 12.6 Å². The molecule has 0 fully saturated rings. The summed E-state index contributed by atoms with van der Waals surface area (Å²) >= 11 is 5.98. The van der Waals surface area contributed by atoms with Crippen molar-refractivity contribution in [3.8, 4) is 0 Å². The van der Waals surface area contributed by atoms with Gasteiger partial charge in [0, 0.05) is 18.6 Å². The molecule has 0 saturated carbocycles. The van der Waals surface area contributed by atoms with Crippen LogP contribution in [-0.4, -0.2) is 44.8 Å². The van der Waals surface area contributed by atoms with Crippen LogP contribution in [0.25, 0.3) is 0 Å². The van der Waals surface area contributed by atoms with Gasteiger partial charge in [-0.2, -0.15) is 0 Å². The number of halogens is 1. The predicted octanol–water partition coefficient (Wildman–Crippen LogP) is 4.71. The number of carbonyl (C=O) groups excluding carboxylic acids is 2. The van der Waals surface area contributed by atoms with E-state index in [0.717, 1.165) is 21.0 Å². The van der Waals surface area contributed by atoms with Crippen molar-refractivity contribution in [2.24, 2.45) is 0 Å². The van der Waals surface area contributed by atoms with Crippen LogP contribution < -0.4 is 9.62 Å². The molecule has 0 bridgehead atoms. The Bertz CT molecular complexity index is 1330.